The Morgan fingerprint density at radius 2 is 2.21 bits per heavy atom. The average Bonchev–Trinajstić information content (AvgIpc) is 2.41. The van der Waals surface area contributed by atoms with Crippen molar-refractivity contribution in [2.75, 3.05) is 6.61 Å². The molecule has 0 spiro atoms. The van der Waals surface area contributed by atoms with Crippen molar-refractivity contribution in [1.82, 2.24) is 4.98 Å². The summed E-state index contributed by atoms with van der Waals surface area (Å²) in [7, 11) is 0. The van der Waals surface area contributed by atoms with Crippen molar-refractivity contribution < 1.29 is 14.6 Å². The number of benzene rings is 1. The largest absolute Gasteiger partial charge is 0.492 e. The molecule has 0 amide bonds. The highest BCUT2D eigenvalue weighted by molar-refractivity contribution is 9.10. The van der Waals surface area contributed by atoms with E-state index in [2.05, 4.69) is 20.9 Å². The van der Waals surface area contributed by atoms with E-state index in [0.717, 1.165) is 12.0 Å². The molecule has 0 unspecified atom stereocenters. The predicted molar refractivity (Wildman–Crippen MR) is 74.5 cm³/mol. The lowest BCUT2D eigenvalue weighted by molar-refractivity contribution is 0.0697. The van der Waals surface area contributed by atoms with Gasteiger partial charge in [0.05, 0.1) is 16.6 Å². The topological polar surface area (TPSA) is 59.4 Å². The van der Waals surface area contributed by atoms with Gasteiger partial charge in [-0.05, 0) is 45.8 Å². The number of aromatic carboxylic acids is 1. The highest BCUT2D eigenvalue weighted by Gasteiger charge is 2.07. The van der Waals surface area contributed by atoms with Gasteiger partial charge in [0.15, 0.2) is 0 Å². The Bertz CT molecular complexity index is 572. The first-order chi connectivity index (χ1) is 9.16. The van der Waals surface area contributed by atoms with Crippen LogP contribution in [0.4, 0.5) is 0 Å². The number of carboxylic acid groups (broad SMARTS) is 1. The molecule has 0 saturated heterocycles. The average molecular weight is 322 g/mol. The maximum absolute atomic E-state index is 10.8. The van der Waals surface area contributed by atoms with Gasteiger partial charge in [0.1, 0.15) is 5.75 Å². The molecule has 4 nitrogen and oxygen atoms in total. The van der Waals surface area contributed by atoms with E-state index in [4.69, 9.17) is 9.84 Å². The number of hydrogen-bond donors (Lipinski definition) is 1. The molecule has 0 aliphatic rings. The van der Waals surface area contributed by atoms with Crippen LogP contribution in [-0.2, 0) is 6.42 Å². The quantitative estimate of drug-likeness (QED) is 0.918. The van der Waals surface area contributed by atoms with E-state index in [1.165, 1.54) is 12.1 Å². The minimum Gasteiger partial charge on any atom is -0.492 e. The van der Waals surface area contributed by atoms with Crippen molar-refractivity contribution in [3.8, 4) is 5.75 Å². The van der Waals surface area contributed by atoms with Crippen molar-refractivity contribution in [2.45, 2.75) is 6.42 Å². The zero-order chi connectivity index (χ0) is 13.7. The Kier molecular flexibility index (Phi) is 4.52. The molecule has 0 atom stereocenters. The van der Waals surface area contributed by atoms with Crippen molar-refractivity contribution in [1.29, 1.82) is 0 Å². The molecule has 0 aliphatic heterocycles. The van der Waals surface area contributed by atoms with E-state index < -0.39 is 5.97 Å². The SMILES string of the molecule is O=C(O)c1ccc(OCCc2cccnc2)c(Br)c1. The lowest BCUT2D eigenvalue weighted by Crippen LogP contribution is -2.03. The third-order valence-corrected chi connectivity index (χ3v) is 3.17. The number of ether oxygens (including phenoxy) is 1. The van der Waals surface area contributed by atoms with Crippen LogP contribution in [0, 0.1) is 0 Å². The van der Waals surface area contributed by atoms with E-state index in [9.17, 15) is 4.79 Å². The molecule has 0 radical (unpaired) electrons. The minimum atomic E-state index is -0.956. The third-order valence-electron chi connectivity index (χ3n) is 2.55. The third kappa shape index (κ3) is 3.79. The van der Waals surface area contributed by atoms with Crippen LogP contribution in [0.2, 0.25) is 0 Å². The molecule has 1 aromatic heterocycles. The lowest BCUT2D eigenvalue weighted by Gasteiger charge is -2.08. The fourth-order valence-corrected chi connectivity index (χ4v) is 2.07. The lowest BCUT2D eigenvalue weighted by atomic mass is 10.2. The number of halogens is 1. The molecular weight excluding hydrogens is 310 g/mol. The van der Waals surface area contributed by atoms with Gasteiger partial charge < -0.3 is 9.84 Å². The van der Waals surface area contributed by atoms with Gasteiger partial charge in [-0.3, -0.25) is 4.98 Å². The first-order valence-corrected chi connectivity index (χ1v) is 6.50. The summed E-state index contributed by atoms with van der Waals surface area (Å²) in [6.45, 7) is 0.511. The van der Waals surface area contributed by atoms with Crippen LogP contribution in [0.1, 0.15) is 15.9 Å². The Balaban J connectivity index is 1.95. The molecule has 2 rings (SSSR count). The van der Waals surface area contributed by atoms with Gasteiger partial charge in [-0.2, -0.15) is 0 Å². The number of hydrogen-bond acceptors (Lipinski definition) is 3. The summed E-state index contributed by atoms with van der Waals surface area (Å²) in [6.07, 6.45) is 4.28. The van der Waals surface area contributed by atoms with Gasteiger partial charge in [0.2, 0.25) is 0 Å². The van der Waals surface area contributed by atoms with Crippen molar-refractivity contribution in [3.63, 3.8) is 0 Å². The van der Waals surface area contributed by atoms with E-state index in [1.54, 1.807) is 18.5 Å². The number of aromatic nitrogens is 1. The summed E-state index contributed by atoms with van der Waals surface area (Å²) in [5, 5.41) is 8.86. The highest BCUT2D eigenvalue weighted by atomic mass is 79.9. The van der Waals surface area contributed by atoms with Crippen molar-refractivity contribution in [3.05, 3.63) is 58.3 Å². The summed E-state index contributed by atoms with van der Waals surface area (Å²) < 4.78 is 6.25. The Hall–Kier alpha value is -1.88. The molecule has 1 aromatic carbocycles. The molecule has 0 saturated carbocycles. The molecule has 2 aromatic rings. The van der Waals surface area contributed by atoms with Crippen LogP contribution in [0.25, 0.3) is 0 Å². The summed E-state index contributed by atoms with van der Waals surface area (Å²) in [5.41, 5.74) is 1.33. The fraction of sp³-hybridized carbons (Fsp3) is 0.143. The molecule has 0 aliphatic carbocycles. The first-order valence-electron chi connectivity index (χ1n) is 5.71. The standard InChI is InChI=1S/C14H12BrNO3/c15-12-8-11(14(17)18)3-4-13(12)19-7-5-10-2-1-6-16-9-10/h1-4,6,8-9H,5,7H2,(H,17,18). The second-order valence-electron chi connectivity index (χ2n) is 3.91. The van der Waals surface area contributed by atoms with Crippen LogP contribution in [0.5, 0.6) is 5.75 Å². The molecule has 0 fully saturated rings. The summed E-state index contributed by atoms with van der Waals surface area (Å²) in [6, 6.07) is 8.57. The first kappa shape index (κ1) is 13.5. The minimum absolute atomic E-state index is 0.228. The number of nitrogens with zero attached hydrogens (tertiary/aromatic N) is 1. The van der Waals surface area contributed by atoms with E-state index in [0.29, 0.717) is 16.8 Å². The van der Waals surface area contributed by atoms with E-state index in [-0.39, 0.29) is 5.56 Å². The maximum Gasteiger partial charge on any atom is 0.335 e. The van der Waals surface area contributed by atoms with E-state index >= 15 is 0 Å². The summed E-state index contributed by atoms with van der Waals surface area (Å²) in [5.74, 6) is -0.323. The number of rotatable bonds is 5. The normalized spacial score (nSPS) is 10.2. The van der Waals surface area contributed by atoms with Crippen LogP contribution in [0.3, 0.4) is 0 Å². The van der Waals surface area contributed by atoms with Crippen LogP contribution in [-0.4, -0.2) is 22.7 Å². The fourth-order valence-electron chi connectivity index (χ4n) is 1.58. The maximum atomic E-state index is 10.8. The van der Waals surface area contributed by atoms with Crippen molar-refractivity contribution in [2.24, 2.45) is 0 Å². The Morgan fingerprint density at radius 1 is 1.37 bits per heavy atom. The zero-order valence-corrected chi connectivity index (χ0v) is 11.6. The molecular formula is C14H12BrNO3. The number of carbonyl (C=O) groups is 1. The molecule has 1 N–H and O–H groups in total. The molecule has 0 bridgehead atoms. The van der Waals surface area contributed by atoms with Gasteiger partial charge in [-0.1, -0.05) is 6.07 Å². The molecule has 5 heteroatoms. The second-order valence-corrected chi connectivity index (χ2v) is 4.76. The smallest absolute Gasteiger partial charge is 0.335 e. The molecule has 19 heavy (non-hydrogen) atoms. The van der Waals surface area contributed by atoms with Gasteiger partial charge in [-0.25, -0.2) is 4.79 Å². The summed E-state index contributed by atoms with van der Waals surface area (Å²) in [4.78, 5) is 14.8. The monoisotopic (exact) mass is 321 g/mol. The molecule has 98 valence electrons. The molecule has 1 heterocycles. The van der Waals surface area contributed by atoms with Gasteiger partial charge in [0.25, 0.3) is 0 Å². The van der Waals surface area contributed by atoms with Crippen LogP contribution >= 0.6 is 15.9 Å². The van der Waals surface area contributed by atoms with Gasteiger partial charge in [-0.15, -0.1) is 0 Å². The zero-order valence-electron chi connectivity index (χ0n) is 10.0. The Morgan fingerprint density at radius 3 is 2.84 bits per heavy atom. The van der Waals surface area contributed by atoms with Gasteiger partial charge in [0, 0.05) is 18.8 Å². The van der Waals surface area contributed by atoms with Crippen molar-refractivity contribution >= 4 is 21.9 Å². The predicted octanol–water partition coefficient (Wildman–Crippen LogP) is 3.16. The Labute approximate surface area is 119 Å². The van der Waals surface area contributed by atoms with Gasteiger partial charge >= 0.3 is 5.97 Å². The summed E-state index contributed by atoms with van der Waals surface area (Å²) >= 11 is 3.30. The second kappa shape index (κ2) is 6.33. The number of pyridine rings is 1. The highest BCUT2D eigenvalue weighted by Crippen LogP contribution is 2.26. The van der Waals surface area contributed by atoms with E-state index in [1.807, 2.05) is 12.1 Å². The number of carboxylic acids is 1. The van der Waals surface area contributed by atoms with Crippen LogP contribution < -0.4 is 4.74 Å². The van der Waals surface area contributed by atoms with Crippen LogP contribution in [0.15, 0.2) is 47.2 Å².